The van der Waals surface area contributed by atoms with Gasteiger partial charge >= 0.3 is 0 Å². The molecule has 2 rings (SSSR count). The highest BCUT2D eigenvalue weighted by atomic mass is 19.1. The van der Waals surface area contributed by atoms with Crippen LogP contribution in [0.3, 0.4) is 0 Å². The van der Waals surface area contributed by atoms with Gasteiger partial charge in [0.1, 0.15) is 28.9 Å². The Morgan fingerprint density at radius 2 is 2.00 bits per heavy atom. The maximum Gasteiger partial charge on any atom is 0.255 e. The van der Waals surface area contributed by atoms with E-state index in [9.17, 15) is 9.18 Å². The van der Waals surface area contributed by atoms with Crippen LogP contribution < -0.4 is 16.2 Å². The predicted molar refractivity (Wildman–Crippen MR) is 70.6 cm³/mol. The number of carbonyl (C=O) groups excluding carboxylic acids is 1. The first-order valence-corrected chi connectivity index (χ1v) is 5.58. The minimum Gasteiger partial charge on any atom is -0.455 e. The molecule has 0 aliphatic rings. The van der Waals surface area contributed by atoms with E-state index in [1.807, 2.05) is 6.07 Å². The van der Waals surface area contributed by atoms with Gasteiger partial charge in [-0.2, -0.15) is 5.26 Å². The van der Waals surface area contributed by atoms with Crippen molar-refractivity contribution in [2.45, 2.75) is 0 Å². The summed E-state index contributed by atoms with van der Waals surface area (Å²) in [6, 6.07) is 10.2. The largest absolute Gasteiger partial charge is 0.455 e. The summed E-state index contributed by atoms with van der Waals surface area (Å²) < 4.78 is 19.0. The van der Waals surface area contributed by atoms with E-state index in [4.69, 9.17) is 21.5 Å². The minimum atomic E-state index is -0.952. The summed E-state index contributed by atoms with van der Waals surface area (Å²) in [5.41, 5.74) is 10.9. The molecule has 0 aromatic heterocycles. The van der Waals surface area contributed by atoms with Gasteiger partial charge in [0, 0.05) is 5.69 Å². The Bertz CT molecular complexity index is 723. The van der Waals surface area contributed by atoms with E-state index in [1.165, 1.54) is 30.3 Å². The number of amides is 1. The molecule has 4 N–H and O–H groups in total. The topological polar surface area (TPSA) is 102 Å². The Balaban J connectivity index is 2.49. The molecule has 2 aromatic carbocycles. The van der Waals surface area contributed by atoms with Crippen molar-refractivity contribution in [2.75, 3.05) is 5.73 Å². The van der Waals surface area contributed by atoms with Crippen LogP contribution in [0.25, 0.3) is 0 Å². The van der Waals surface area contributed by atoms with Crippen LogP contribution in [0.1, 0.15) is 15.9 Å². The van der Waals surface area contributed by atoms with Gasteiger partial charge in [0.05, 0.1) is 5.56 Å². The lowest BCUT2D eigenvalue weighted by molar-refractivity contribution is 0.0994. The van der Waals surface area contributed by atoms with Crippen LogP contribution in [0.2, 0.25) is 0 Å². The van der Waals surface area contributed by atoms with Crippen LogP contribution in [0, 0.1) is 17.1 Å². The Morgan fingerprint density at radius 1 is 1.25 bits per heavy atom. The van der Waals surface area contributed by atoms with Crippen molar-refractivity contribution in [3.63, 3.8) is 0 Å². The number of ether oxygens (including phenoxy) is 1. The molecule has 5 nitrogen and oxygen atoms in total. The number of benzene rings is 2. The Hall–Kier alpha value is -3.07. The lowest BCUT2D eigenvalue weighted by Gasteiger charge is -2.11. The van der Waals surface area contributed by atoms with E-state index in [-0.39, 0.29) is 22.6 Å². The summed E-state index contributed by atoms with van der Waals surface area (Å²) in [4.78, 5) is 11.3. The average molecular weight is 271 g/mol. The molecular formula is C14H10FN3O2. The average Bonchev–Trinajstić information content (AvgIpc) is 2.40. The third-order valence-corrected chi connectivity index (χ3v) is 2.57. The molecule has 0 spiro atoms. The second-order valence-electron chi connectivity index (χ2n) is 3.95. The molecule has 0 bridgehead atoms. The molecular weight excluding hydrogens is 261 g/mol. The van der Waals surface area contributed by atoms with Gasteiger partial charge in [0.25, 0.3) is 5.91 Å². The molecule has 1 amide bonds. The monoisotopic (exact) mass is 271 g/mol. The van der Waals surface area contributed by atoms with Gasteiger partial charge in [0.15, 0.2) is 0 Å². The third kappa shape index (κ3) is 2.52. The maximum absolute atomic E-state index is 13.6. The lowest BCUT2D eigenvalue weighted by atomic mass is 10.1. The van der Waals surface area contributed by atoms with Crippen LogP contribution in [0.4, 0.5) is 10.1 Å². The van der Waals surface area contributed by atoms with E-state index in [0.717, 1.165) is 6.07 Å². The van der Waals surface area contributed by atoms with Crippen molar-refractivity contribution < 1.29 is 13.9 Å². The van der Waals surface area contributed by atoms with Crippen molar-refractivity contribution in [1.82, 2.24) is 0 Å². The number of nitrogens with two attached hydrogens (primary N) is 2. The van der Waals surface area contributed by atoms with E-state index in [2.05, 4.69) is 0 Å². The quantitative estimate of drug-likeness (QED) is 0.835. The molecule has 0 unspecified atom stereocenters. The van der Waals surface area contributed by atoms with Gasteiger partial charge in [-0.25, -0.2) is 4.39 Å². The maximum atomic E-state index is 13.6. The normalized spacial score (nSPS) is 9.80. The van der Waals surface area contributed by atoms with E-state index < -0.39 is 11.7 Å². The van der Waals surface area contributed by atoms with Crippen molar-refractivity contribution in [1.29, 1.82) is 5.26 Å². The SMILES string of the molecule is N#Cc1cc(N)ccc1Oc1cccc(F)c1C(N)=O. The van der Waals surface area contributed by atoms with Crippen LogP contribution in [0.5, 0.6) is 11.5 Å². The predicted octanol–water partition coefficient (Wildman–Crippen LogP) is 2.17. The smallest absolute Gasteiger partial charge is 0.255 e. The van der Waals surface area contributed by atoms with Crippen molar-refractivity contribution in [2.24, 2.45) is 5.73 Å². The zero-order valence-corrected chi connectivity index (χ0v) is 10.3. The van der Waals surface area contributed by atoms with Gasteiger partial charge in [-0.15, -0.1) is 0 Å². The highest BCUT2D eigenvalue weighted by molar-refractivity contribution is 5.96. The first kappa shape index (κ1) is 13.4. The fraction of sp³-hybridized carbons (Fsp3) is 0. The summed E-state index contributed by atoms with van der Waals surface area (Å²) in [7, 11) is 0. The fourth-order valence-electron chi connectivity index (χ4n) is 1.67. The van der Waals surface area contributed by atoms with Crippen LogP contribution in [-0.4, -0.2) is 5.91 Å². The zero-order chi connectivity index (χ0) is 14.7. The standard InChI is InChI=1S/C14H10FN3O2/c15-10-2-1-3-12(13(10)14(18)19)20-11-5-4-9(17)6-8(11)7-16/h1-6H,17H2,(H2,18,19). The van der Waals surface area contributed by atoms with E-state index >= 15 is 0 Å². The number of hydrogen-bond donors (Lipinski definition) is 2. The number of nitrogen functional groups attached to an aromatic ring is 1. The number of rotatable bonds is 3. The Morgan fingerprint density at radius 3 is 2.65 bits per heavy atom. The lowest BCUT2D eigenvalue weighted by Crippen LogP contribution is -2.14. The number of nitrogens with zero attached hydrogens (tertiary/aromatic N) is 1. The molecule has 0 radical (unpaired) electrons. The van der Waals surface area contributed by atoms with Crippen molar-refractivity contribution in [3.05, 3.63) is 53.3 Å². The molecule has 0 saturated heterocycles. The van der Waals surface area contributed by atoms with Crippen LogP contribution in [-0.2, 0) is 0 Å². The molecule has 100 valence electrons. The van der Waals surface area contributed by atoms with E-state index in [1.54, 1.807) is 0 Å². The molecule has 0 aliphatic heterocycles. The van der Waals surface area contributed by atoms with Crippen molar-refractivity contribution in [3.8, 4) is 17.6 Å². The second kappa shape index (κ2) is 5.28. The molecule has 0 aliphatic carbocycles. The van der Waals surface area contributed by atoms with Gasteiger partial charge in [0.2, 0.25) is 0 Å². The van der Waals surface area contributed by atoms with Crippen LogP contribution >= 0.6 is 0 Å². The molecule has 0 saturated carbocycles. The second-order valence-corrected chi connectivity index (χ2v) is 3.95. The molecule has 0 heterocycles. The highest BCUT2D eigenvalue weighted by Gasteiger charge is 2.16. The number of anilines is 1. The zero-order valence-electron chi connectivity index (χ0n) is 10.3. The third-order valence-electron chi connectivity index (χ3n) is 2.57. The summed E-state index contributed by atoms with van der Waals surface area (Å²) in [6.45, 7) is 0. The van der Waals surface area contributed by atoms with Crippen LogP contribution in [0.15, 0.2) is 36.4 Å². The summed E-state index contributed by atoms with van der Waals surface area (Å²) in [5.74, 6) is -1.63. The Labute approximate surface area is 114 Å². The van der Waals surface area contributed by atoms with Gasteiger partial charge in [-0.1, -0.05) is 6.07 Å². The van der Waals surface area contributed by atoms with Gasteiger partial charge in [-0.05, 0) is 30.3 Å². The molecule has 20 heavy (non-hydrogen) atoms. The molecule has 6 heteroatoms. The first-order chi connectivity index (χ1) is 9.52. The van der Waals surface area contributed by atoms with Gasteiger partial charge < -0.3 is 16.2 Å². The Kier molecular flexibility index (Phi) is 3.53. The first-order valence-electron chi connectivity index (χ1n) is 5.58. The number of halogens is 1. The fourth-order valence-corrected chi connectivity index (χ4v) is 1.67. The summed E-state index contributed by atoms with van der Waals surface area (Å²) in [5, 5.41) is 9.00. The highest BCUT2D eigenvalue weighted by Crippen LogP contribution is 2.30. The summed E-state index contributed by atoms with van der Waals surface area (Å²) >= 11 is 0. The molecule has 2 aromatic rings. The molecule has 0 fully saturated rings. The summed E-state index contributed by atoms with van der Waals surface area (Å²) in [6.07, 6.45) is 0. The number of carbonyl (C=O) groups is 1. The number of primary amides is 1. The molecule has 0 atom stereocenters. The van der Waals surface area contributed by atoms with Gasteiger partial charge in [-0.3, -0.25) is 4.79 Å². The van der Waals surface area contributed by atoms with Crippen molar-refractivity contribution >= 4 is 11.6 Å². The van der Waals surface area contributed by atoms with E-state index in [0.29, 0.717) is 5.69 Å². The minimum absolute atomic E-state index is 0.0567. The number of hydrogen-bond acceptors (Lipinski definition) is 4. The number of nitriles is 1.